The molecule has 0 aliphatic heterocycles. The van der Waals surface area contributed by atoms with Crippen molar-refractivity contribution in [2.45, 2.75) is 26.3 Å². The van der Waals surface area contributed by atoms with Crippen molar-refractivity contribution in [3.63, 3.8) is 0 Å². The molecule has 1 heterocycles. The molecule has 0 bridgehead atoms. The fraction of sp³-hybridized carbons (Fsp3) is 0.545. The summed E-state index contributed by atoms with van der Waals surface area (Å²) >= 11 is 1.50. The van der Waals surface area contributed by atoms with Crippen LogP contribution in [0.1, 0.15) is 19.5 Å². The van der Waals surface area contributed by atoms with Crippen molar-refractivity contribution in [1.29, 1.82) is 0 Å². The molecule has 3 N–H and O–H groups in total. The predicted octanol–water partition coefficient (Wildman–Crippen LogP) is 1.09. The van der Waals surface area contributed by atoms with Gasteiger partial charge in [-0.25, -0.2) is 14.6 Å². The van der Waals surface area contributed by atoms with Crippen molar-refractivity contribution >= 4 is 23.3 Å². The van der Waals surface area contributed by atoms with Crippen molar-refractivity contribution in [2.75, 3.05) is 6.54 Å². The van der Waals surface area contributed by atoms with Crippen molar-refractivity contribution < 1.29 is 14.7 Å². The van der Waals surface area contributed by atoms with E-state index in [2.05, 4.69) is 15.6 Å². The van der Waals surface area contributed by atoms with E-state index in [-0.39, 0.29) is 5.92 Å². The van der Waals surface area contributed by atoms with Crippen LogP contribution in [0.25, 0.3) is 0 Å². The highest BCUT2D eigenvalue weighted by Gasteiger charge is 2.22. The average molecular weight is 271 g/mol. The van der Waals surface area contributed by atoms with Gasteiger partial charge in [0.05, 0.1) is 11.2 Å². The Balaban J connectivity index is 2.30. The maximum atomic E-state index is 11.5. The summed E-state index contributed by atoms with van der Waals surface area (Å²) in [5, 5.41) is 15.9. The maximum absolute atomic E-state index is 11.5. The lowest BCUT2D eigenvalue weighted by atomic mass is 10.1. The summed E-state index contributed by atoms with van der Waals surface area (Å²) in [6, 6.07) is -1.34. The van der Waals surface area contributed by atoms with Crippen LogP contribution < -0.4 is 10.6 Å². The number of nitrogens with one attached hydrogen (secondary N) is 2. The predicted molar refractivity (Wildman–Crippen MR) is 68.6 cm³/mol. The fourth-order valence-electron chi connectivity index (χ4n) is 1.37. The minimum absolute atomic E-state index is 0.160. The summed E-state index contributed by atoms with van der Waals surface area (Å²) in [5.41, 5.74) is 2.65. The third kappa shape index (κ3) is 4.70. The first-order valence-corrected chi connectivity index (χ1v) is 6.59. The molecule has 0 saturated heterocycles. The molecule has 0 radical (unpaired) electrons. The molecule has 0 spiro atoms. The molecule has 0 aliphatic rings. The molecule has 100 valence electrons. The van der Waals surface area contributed by atoms with Gasteiger partial charge in [-0.15, -0.1) is 11.3 Å². The van der Waals surface area contributed by atoms with Crippen molar-refractivity contribution in [3.05, 3.63) is 16.6 Å². The summed E-state index contributed by atoms with van der Waals surface area (Å²) in [6.07, 6.45) is 0.635. The SMILES string of the molecule is CC(C)C(NC(=O)NCCc1cscn1)C(=O)O. The number of amides is 2. The van der Waals surface area contributed by atoms with Gasteiger partial charge in [0, 0.05) is 18.3 Å². The van der Waals surface area contributed by atoms with Crippen LogP contribution in [0, 0.1) is 5.92 Å². The molecule has 1 rings (SSSR count). The number of aromatic nitrogens is 1. The highest BCUT2D eigenvalue weighted by atomic mass is 32.1. The Kier molecular flexibility index (Phi) is 5.57. The summed E-state index contributed by atoms with van der Waals surface area (Å²) in [5.74, 6) is -1.19. The monoisotopic (exact) mass is 271 g/mol. The molecular weight excluding hydrogens is 254 g/mol. The number of hydrogen-bond acceptors (Lipinski definition) is 4. The molecule has 0 saturated carbocycles. The number of carbonyl (C=O) groups excluding carboxylic acids is 1. The van der Waals surface area contributed by atoms with E-state index in [0.29, 0.717) is 13.0 Å². The minimum atomic E-state index is -1.03. The lowest BCUT2D eigenvalue weighted by Crippen LogP contribution is -2.48. The van der Waals surface area contributed by atoms with Crippen LogP contribution in [0.5, 0.6) is 0 Å². The second kappa shape index (κ2) is 6.95. The van der Waals surface area contributed by atoms with E-state index in [9.17, 15) is 9.59 Å². The molecule has 2 amide bonds. The largest absolute Gasteiger partial charge is 0.480 e. The molecule has 1 unspecified atom stereocenters. The van der Waals surface area contributed by atoms with Gasteiger partial charge in [0.2, 0.25) is 0 Å². The molecule has 1 aromatic heterocycles. The molecule has 0 aromatic carbocycles. The Labute approximate surface area is 109 Å². The first kappa shape index (κ1) is 14.4. The van der Waals surface area contributed by atoms with Gasteiger partial charge in [-0.2, -0.15) is 0 Å². The van der Waals surface area contributed by atoms with Gasteiger partial charge in [0.15, 0.2) is 0 Å². The first-order valence-electron chi connectivity index (χ1n) is 5.65. The molecule has 6 nitrogen and oxygen atoms in total. The Bertz CT molecular complexity index is 392. The number of carboxylic acids is 1. The highest BCUT2D eigenvalue weighted by Crippen LogP contribution is 2.02. The molecule has 0 aliphatic carbocycles. The summed E-state index contributed by atoms with van der Waals surface area (Å²) < 4.78 is 0. The Morgan fingerprint density at radius 1 is 1.50 bits per heavy atom. The van der Waals surface area contributed by atoms with Gasteiger partial charge in [-0.1, -0.05) is 13.8 Å². The second-order valence-electron chi connectivity index (χ2n) is 4.19. The second-order valence-corrected chi connectivity index (χ2v) is 4.91. The zero-order valence-corrected chi connectivity index (χ0v) is 11.2. The summed E-state index contributed by atoms with van der Waals surface area (Å²) in [7, 11) is 0. The zero-order valence-electron chi connectivity index (χ0n) is 10.3. The van der Waals surface area contributed by atoms with Crippen LogP contribution in [0.2, 0.25) is 0 Å². The Morgan fingerprint density at radius 2 is 2.22 bits per heavy atom. The van der Waals surface area contributed by atoms with Gasteiger partial charge in [0.25, 0.3) is 0 Å². The van der Waals surface area contributed by atoms with E-state index in [0.717, 1.165) is 5.69 Å². The molecular formula is C11H17N3O3S. The van der Waals surface area contributed by atoms with Crippen LogP contribution in [0.3, 0.4) is 0 Å². The molecule has 1 aromatic rings. The Hall–Kier alpha value is -1.63. The van der Waals surface area contributed by atoms with Gasteiger partial charge < -0.3 is 15.7 Å². The standard InChI is InChI=1S/C11H17N3O3S/c1-7(2)9(10(15)16)14-11(17)12-4-3-8-5-18-6-13-8/h5-7,9H,3-4H2,1-2H3,(H,15,16)(H2,12,14,17). The summed E-state index contributed by atoms with van der Waals surface area (Å²) in [4.78, 5) is 26.5. The van der Waals surface area contributed by atoms with Crippen molar-refractivity contribution in [1.82, 2.24) is 15.6 Å². The van der Waals surface area contributed by atoms with Gasteiger partial charge >= 0.3 is 12.0 Å². The van der Waals surface area contributed by atoms with E-state index >= 15 is 0 Å². The topological polar surface area (TPSA) is 91.3 Å². The number of rotatable bonds is 6. The van der Waals surface area contributed by atoms with E-state index in [1.54, 1.807) is 19.4 Å². The number of nitrogens with zero attached hydrogens (tertiary/aromatic N) is 1. The van der Waals surface area contributed by atoms with Gasteiger partial charge in [0.1, 0.15) is 6.04 Å². The number of aliphatic carboxylic acids is 1. The van der Waals surface area contributed by atoms with Crippen LogP contribution >= 0.6 is 11.3 Å². The third-order valence-corrected chi connectivity index (χ3v) is 3.00. The molecule has 1 atom stereocenters. The highest BCUT2D eigenvalue weighted by molar-refractivity contribution is 7.07. The lowest BCUT2D eigenvalue weighted by Gasteiger charge is -2.18. The van der Waals surface area contributed by atoms with Gasteiger partial charge in [-0.3, -0.25) is 0 Å². The van der Waals surface area contributed by atoms with Crippen LogP contribution in [-0.4, -0.2) is 34.7 Å². The average Bonchev–Trinajstić information content (AvgIpc) is 2.78. The fourth-order valence-corrected chi connectivity index (χ4v) is 1.96. The van der Waals surface area contributed by atoms with E-state index in [1.165, 1.54) is 11.3 Å². The van der Waals surface area contributed by atoms with Gasteiger partial charge in [-0.05, 0) is 5.92 Å². The number of carbonyl (C=O) groups is 2. The van der Waals surface area contributed by atoms with Crippen LogP contribution in [-0.2, 0) is 11.2 Å². The lowest BCUT2D eigenvalue weighted by molar-refractivity contribution is -0.140. The van der Waals surface area contributed by atoms with E-state index in [4.69, 9.17) is 5.11 Å². The number of carboxylic acid groups (broad SMARTS) is 1. The molecule has 18 heavy (non-hydrogen) atoms. The number of thiazole rings is 1. The minimum Gasteiger partial charge on any atom is -0.480 e. The first-order chi connectivity index (χ1) is 8.50. The van der Waals surface area contributed by atoms with Crippen molar-refractivity contribution in [2.24, 2.45) is 5.92 Å². The van der Waals surface area contributed by atoms with E-state index in [1.807, 2.05) is 5.38 Å². The summed E-state index contributed by atoms with van der Waals surface area (Å²) in [6.45, 7) is 3.92. The molecule has 7 heteroatoms. The Morgan fingerprint density at radius 3 is 2.72 bits per heavy atom. The van der Waals surface area contributed by atoms with Crippen LogP contribution in [0.4, 0.5) is 4.79 Å². The quantitative estimate of drug-likeness (QED) is 0.722. The number of urea groups is 1. The van der Waals surface area contributed by atoms with Crippen molar-refractivity contribution in [3.8, 4) is 0 Å². The zero-order chi connectivity index (χ0) is 13.5. The van der Waals surface area contributed by atoms with Crippen LogP contribution in [0.15, 0.2) is 10.9 Å². The maximum Gasteiger partial charge on any atom is 0.326 e. The normalized spacial score (nSPS) is 12.2. The number of hydrogen-bond donors (Lipinski definition) is 3. The third-order valence-electron chi connectivity index (χ3n) is 2.37. The van der Waals surface area contributed by atoms with E-state index < -0.39 is 18.0 Å². The smallest absolute Gasteiger partial charge is 0.326 e. The molecule has 0 fully saturated rings.